The Morgan fingerprint density at radius 1 is 1.03 bits per heavy atom. The van der Waals surface area contributed by atoms with Gasteiger partial charge in [0, 0.05) is 43.5 Å². The predicted octanol–water partition coefficient (Wildman–Crippen LogP) is 5.92. The summed E-state index contributed by atoms with van der Waals surface area (Å²) in [4.78, 5) is 43.3. The van der Waals surface area contributed by atoms with Crippen molar-refractivity contribution in [1.82, 2.24) is 9.47 Å². The highest BCUT2D eigenvalue weighted by molar-refractivity contribution is 5.95. The average Bonchev–Trinajstić information content (AvgIpc) is 3.15. The molecule has 3 rings (SSSR count). The zero-order chi connectivity index (χ0) is 28.8. The van der Waals surface area contributed by atoms with Crippen LogP contribution in [0.5, 0.6) is 0 Å². The first kappa shape index (κ1) is 30.2. The summed E-state index contributed by atoms with van der Waals surface area (Å²) in [6.07, 6.45) is 5.02. The normalized spacial score (nSPS) is 15.9. The van der Waals surface area contributed by atoms with Crippen LogP contribution in [0.2, 0.25) is 0 Å². The van der Waals surface area contributed by atoms with Crippen molar-refractivity contribution in [3.8, 4) is 0 Å². The number of hydrogen-bond acceptors (Lipinski definition) is 6. The number of likely N-dealkylation sites (tertiary alicyclic amines) is 1. The number of hydrogen-bond donors (Lipinski definition) is 0. The van der Waals surface area contributed by atoms with Gasteiger partial charge in [-0.25, -0.2) is 9.59 Å². The molecule has 0 spiro atoms. The first-order valence-corrected chi connectivity index (χ1v) is 13.7. The molecular formula is C30H43N3O6. The van der Waals surface area contributed by atoms with Gasteiger partial charge < -0.3 is 23.7 Å². The van der Waals surface area contributed by atoms with Crippen molar-refractivity contribution in [2.24, 2.45) is 23.9 Å². The summed E-state index contributed by atoms with van der Waals surface area (Å²) in [6, 6.07) is 7.97. The van der Waals surface area contributed by atoms with Crippen LogP contribution in [0.15, 0.2) is 35.5 Å². The molecule has 1 aliphatic rings. The van der Waals surface area contributed by atoms with Gasteiger partial charge >= 0.3 is 18.2 Å². The molecule has 1 fully saturated rings. The summed E-state index contributed by atoms with van der Waals surface area (Å²) in [5.74, 6) is -0.817. The minimum absolute atomic E-state index is 0.266. The Labute approximate surface area is 231 Å². The van der Waals surface area contributed by atoms with Gasteiger partial charge in [0.2, 0.25) is 0 Å². The third-order valence-corrected chi connectivity index (χ3v) is 6.51. The Balaban J connectivity index is 1.59. The number of piperidine rings is 1. The molecule has 1 aliphatic heterocycles. The van der Waals surface area contributed by atoms with Gasteiger partial charge in [-0.3, -0.25) is 4.79 Å². The summed E-state index contributed by atoms with van der Waals surface area (Å²) < 4.78 is 18.4. The molecular weight excluding hydrogens is 498 g/mol. The Kier molecular flexibility index (Phi) is 9.80. The van der Waals surface area contributed by atoms with Crippen LogP contribution in [0.1, 0.15) is 66.4 Å². The van der Waals surface area contributed by atoms with E-state index in [9.17, 15) is 14.4 Å². The number of benzene rings is 1. The van der Waals surface area contributed by atoms with Crippen LogP contribution in [0.3, 0.4) is 0 Å². The van der Waals surface area contributed by atoms with Gasteiger partial charge in [-0.1, -0.05) is 18.2 Å². The van der Waals surface area contributed by atoms with Crippen molar-refractivity contribution in [2.45, 2.75) is 78.4 Å². The van der Waals surface area contributed by atoms with E-state index in [0.29, 0.717) is 31.8 Å². The van der Waals surface area contributed by atoms with Crippen LogP contribution < -0.4 is 0 Å². The fourth-order valence-electron chi connectivity index (χ4n) is 4.63. The maximum absolute atomic E-state index is 13.2. The molecule has 0 radical (unpaired) electrons. The molecule has 9 nitrogen and oxygen atoms in total. The first-order chi connectivity index (χ1) is 18.2. The number of carbonyl (C=O) groups is 3. The molecule has 0 N–H and O–H groups in total. The van der Waals surface area contributed by atoms with E-state index in [2.05, 4.69) is 4.99 Å². The molecule has 1 atom stereocenters. The van der Waals surface area contributed by atoms with Crippen molar-refractivity contribution in [3.63, 3.8) is 0 Å². The van der Waals surface area contributed by atoms with Crippen molar-refractivity contribution >= 4 is 35.3 Å². The SMILES string of the molecule is Cn1cc(CC(/C=N/C(=O)OC(C)(C)C)C(=O)OCCC2CCN(C(=O)OC(C)(C)C)CC2)c2ccccc21. The molecule has 0 aliphatic carbocycles. The summed E-state index contributed by atoms with van der Waals surface area (Å²) in [5.41, 5.74) is 0.831. The van der Waals surface area contributed by atoms with Crippen molar-refractivity contribution in [3.05, 3.63) is 36.0 Å². The molecule has 1 aromatic heterocycles. The number of esters is 1. The van der Waals surface area contributed by atoms with Crippen LogP contribution >= 0.6 is 0 Å². The zero-order valence-corrected chi connectivity index (χ0v) is 24.4. The summed E-state index contributed by atoms with van der Waals surface area (Å²) in [5, 5.41) is 1.04. The van der Waals surface area contributed by atoms with E-state index in [0.717, 1.165) is 29.3 Å². The van der Waals surface area contributed by atoms with Gasteiger partial charge in [0.15, 0.2) is 0 Å². The third-order valence-electron chi connectivity index (χ3n) is 6.51. The number of aliphatic imine (C=N–C) groups is 1. The van der Waals surface area contributed by atoms with Crippen LogP contribution in [-0.2, 0) is 32.5 Å². The predicted molar refractivity (Wildman–Crippen MR) is 151 cm³/mol. The molecule has 1 aromatic carbocycles. The zero-order valence-electron chi connectivity index (χ0n) is 24.4. The van der Waals surface area contributed by atoms with Gasteiger partial charge in [-0.05, 0) is 84.8 Å². The van der Waals surface area contributed by atoms with E-state index in [1.807, 2.05) is 62.8 Å². The molecule has 2 heterocycles. The lowest BCUT2D eigenvalue weighted by Gasteiger charge is -2.33. The van der Waals surface area contributed by atoms with Crippen LogP contribution in [0, 0.1) is 11.8 Å². The Morgan fingerprint density at radius 2 is 1.67 bits per heavy atom. The molecule has 214 valence electrons. The number of rotatable bonds is 7. The number of nitrogens with zero attached hydrogens (tertiary/aromatic N) is 3. The quantitative estimate of drug-likeness (QED) is 0.245. The average molecular weight is 542 g/mol. The second-order valence-corrected chi connectivity index (χ2v) is 12.2. The van der Waals surface area contributed by atoms with E-state index < -0.39 is 29.2 Å². The molecule has 0 saturated carbocycles. The topological polar surface area (TPSA) is 99.4 Å². The van der Waals surface area contributed by atoms with Crippen LogP contribution in [0.25, 0.3) is 10.9 Å². The second-order valence-electron chi connectivity index (χ2n) is 12.2. The molecule has 39 heavy (non-hydrogen) atoms. The summed E-state index contributed by atoms with van der Waals surface area (Å²) in [7, 11) is 1.96. The van der Waals surface area contributed by atoms with E-state index in [4.69, 9.17) is 14.2 Å². The van der Waals surface area contributed by atoms with E-state index >= 15 is 0 Å². The van der Waals surface area contributed by atoms with Gasteiger partial charge in [-0.15, -0.1) is 0 Å². The lowest BCUT2D eigenvalue weighted by atomic mass is 9.94. The standard InChI is InChI=1S/C30H43N3O6/c1-29(2,3)38-27(35)31-19-22(18-23-20-32(7)25-11-9-8-10-24(23)25)26(34)37-17-14-21-12-15-33(16-13-21)28(36)39-30(4,5)6/h8-11,19-22H,12-18H2,1-7H3/b31-19+. The monoisotopic (exact) mass is 541 g/mol. The fourth-order valence-corrected chi connectivity index (χ4v) is 4.63. The minimum atomic E-state index is -0.741. The Hall–Kier alpha value is -3.36. The van der Waals surface area contributed by atoms with E-state index in [1.165, 1.54) is 6.21 Å². The maximum atomic E-state index is 13.2. The highest BCUT2D eigenvalue weighted by Gasteiger charge is 2.28. The number of fused-ring (bicyclic) bond motifs is 1. The second kappa shape index (κ2) is 12.7. The molecule has 2 amide bonds. The number of carbonyl (C=O) groups excluding carboxylic acids is 3. The lowest BCUT2D eigenvalue weighted by molar-refractivity contribution is -0.146. The molecule has 2 aromatic rings. The summed E-state index contributed by atoms with van der Waals surface area (Å²) in [6.45, 7) is 12.4. The molecule has 1 saturated heterocycles. The fraction of sp³-hybridized carbons (Fsp3) is 0.600. The van der Waals surface area contributed by atoms with Crippen LogP contribution in [-0.4, -0.2) is 64.7 Å². The number of aryl methyl sites for hydroxylation is 1. The number of ether oxygens (including phenoxy) is 3. The van der Waals surface area contributed by atoms with E-state index in [-0.39, 0.29) is 12.7 Å². The number of para-hydroxylation sites is 1. The van der Waals surface area contributed by atoms with Gasteiger partial charge in [0.05, 0.1) is 12.5 Å². The van der Waals surface area contributed by atoms with Gasteiger partial charge in [0.25, 0.3) is 0 Å². The van der Waals surface area contributed by atoms with Crippen molar-refractivity contribution in [2.75, 3.05) is 19.7 Å². The Bertz CT molecular complexity index is 1180. The molecule has 1 unspecified atom stereocenters. The smallest absolute Gasteiger partial charge is 0.433 e. The van der Waals surface area contributed by atoms with Crippen molar-refractivity contribution < 1.29 is 28.6 Å². The summed E-state index contributed by atoms with van der Waals surface area (Å²) >= 11 is 0. The highest BCUT2D eigenvalue weighted by atomic mass is 16.6. The maximum Gasteiger partial charge on any atom is 0.433 e. The third kappa shape index (κ3) is 9.41. The van der Waals surface area contributed by atoms with Crippen molar-refractivity contribution in [1.29, 1.82) is 0 Å². The molecule has 0 bridgehead atoms. The lowest BCUT2D eigenvalue weighted by Crippen LogP contribution is -2.41. The highest BCUT2D eigenvalue weighted by Crippen LogP contribution is 2.25. The minimum Gasteiger partial charge on any atom is -0.465 e. The first-order valence-electron chi connectivity index (χ1n) is 13.7. The van der Waals surface area contributed by atoms with Crippen LogP contribution in [0.4, 0.5) is 9.59 Å². The number of aromatic nitrogens is 1. The van der Waals surface area contributed by atoms with Gasteiger partial charge in [-0.2, -0.15) is 4.99 Å². The Morgan fingerprint density at radius 3 is 2.31 bits per heavy atom. The molecule has 9 heteroatoms. The number of amides is 2. The largest absolute Gasteiger partial charge is 0.465 e. The van der Waals surface area contributed by atoms with Gasteiger partial charge in [0.1, 0.15) is 11.2 Å². The van der Waals surface area contributed by atoms with E-state index in [1.54, 1.807) is 25.7 Å².